The summed E-state index contributed by atoms with van der Waals surface area (Å²) in [7, 11) is 0. The van der Waals surface area contributed by atoms with Crippen LogP contribution in [0.15, 0.2) is 67.0 Å². The molecule has 0 spiro atoms. The third-order valence-electron chi connectivity index (χ3n) is 4.03. The molecule has 3 rings (SSSR count). The van der Waals surface area contributed by atoms with Crippen molar-refractivity contribution in [2.24, 2.45) is 0 Å². The van der Waals surface area contributed by atoms with Crippen molar-refractivity contribution in [1.82, 2.24) is 15.1 Å². The molecule has 1 aromatic heterocycles. The van der Waals surface area contributed by atoms with Crippen molar-refractivity contribution < 1.29 is 4.79 Å². The van der Waals surface area contributed by atoms with Crippen molar-refractivity contribution >= 4 is 5.91 Å². The normalized spacial score (nSPS) is 10.5. The monoisotopic (exact) mass is 319 g/mol. The molecule has 2 aromatic carbocycles. The minimum atomic E-state index is 0.0608. The van der Waals surface area contributed by atoms with Crippen molar-refractivity contribution in [1.29, 1.82) is 0 Å². The summed E-state index contributed by atoms with van der Waals surface area (Å²) in [4.78, 5) is 12.0. The summed E-state index contributed by atoms with van der Waals surface area (Å²) in [6.45, 7) is 2.63. The maximum Gasteiger partial charge on any atom is 0.220 e. The largest absolute Gasteiger partial charge is 0.352 e. The van der Waals surface area contributed by atoms with E-state index in [9.17, 15) is 4.79 Å². The smallest absolute Gasteiger partial charge is 0.220 e. The van der Waals surface area contributed by atoms with E-state index < -0.39 is 0 Å². The molecule has 24 heavy (non-hydrogen) atoms. The Hall–Kier alpha value is -2.88. The number of nitrogens with zero attached hydrogens (tertiary/aromatic N) is 2. The van der Waals surface area contributed by atoms with Gasteiger partial charge in [0.05, 0.1) is 11.9 Å². The topological polar surface area (TPSA) is 46.9 Å². The molecule has 0 bridgehead atoms. The summed E-state index contributed by atoms with van der Waals surface area (Å²) in [6.07, 6.45) is 4.95. The lowest BCUT2D eigenvalue weighted by Crippen LogP contribution is -2.23. The highest BCUT2D eigenvalue weighted by Gasteiger charge is 2.06. The molecule has 0 saturated heterocycles. The molecule has 0 atom stereocenters. The summed E-state index contributed by atoms with van der Waals surface area (Å²) in [6, 6.07) is 18.0. The first-order valence-corrected chi connectivity index (χ1v) is 8.12. The minimum absolute atomic E-state index is 0.0608. The number of carbonyl (C=O) groups is 1. The molecule has 0 aliphatic heterocycles. The van der Waals surface area contributed by atoms with Gasteiger partial charge in [-0.3, -0.25) is 4.79 Å². The number of aromatic nitrogens is 2. The molecule has 0 aliphatic rings. The molecular weight excluding hydrogens is 298 g/mol. The second kappa shape index (κ2) is 7.59. The van der Waals surface area contributed by atoms with Crippen molar-refractivity contribution in [3.05, 3.63) is 83.7 Å². The molecule has 1 amide bonds. The summed E-state index contributed by atoms with van der Waals surface area (Å²) in [5, 5.41) is 7.34. The molecule has 0 aliphatic carbocycles. The van der Waals surface area contributed by atoms with E-state index in [-0.39, 0.29) is 5.91 Å². The first-order chi connectivity index (χ1) is 11.7. The van der Waals surface area contributed by atoms with E-state index in [1.165, 1.54) is 5.56 Å². The summed E-state index contributed by atoms with van der Waals surface area (Å²) in [5.41, 5.74) is 4.43. The zero-order chi connectivity index (χ0) is 16.8. The fourth-order valence-electron chi connectivity index (χ4n) is 2.56. The highest BCUT2D eigenvalue weighted by Crippen LogP contribution is 2.10. The van der Waals surface area contributed by atoms with Gasteiger partial charge in [0.2, 0.25) is 5.91 Å². The number of hydrogen-bond acceptors (Lipinski definition) is 2. The number of rotatable bonds is 6. The Balaban J connectivity index is 1.50. The number of benzene rings is 2. The lowest BCUT2D eigenvalue weighted by atomic mass is 10.1. The van der Waals surface area contributed by atoms with Crippen LogP contribution in [-0.2, 0) is 17.8 Å². The predicted molar refractivity (Wildman–Crippen MR) is 94.9 cm³/mol. The second-order valence-corrected chi connectivity index (χ2v) is 5.83. The van der Waals surface area contributed by atoms with Gasteiger partial charge < -0.3 is 5.32 Å². The standard InChI is InChI=1S/C20H21N3O/c1-16-7-5-6-8-18(16)14-21-20(24)12-11-17-13-22-23(15-17)19-9-3-2-4-10-19/h2-10,13,15H,11-12,14H2,1H3,(H,21,24). The fraction of sp³-hybridized carbons (Fsp3) is 0.200. The lowest BCUT2D eigenvalue weighted by Gasteiger charge is -2.07. The van der Waals surface area contributed by atoms with Gasteiger partial charge in [-0.25, -0.2) is 4.68 Å². The maximum atomic E-state index is 12.0. The summed E-state index contributed by atoms with van der Waals surface area (Å²) in [5.74, 6) is 0.0608. The number of nitrogens with one attached hydrogen (secondary N) is 1. The van der Waals surface area contributed by atoms with Gasteiger partial charge in [0.25, 0.3) is 0 Å². The maximum absolute atomic E-state index is 12.0. The number of aryl methyl sites for hydroxylation is 2. The minimum Gasteiger partial charge on any atom is -0.352 e. The molecule has 1 heterocycles. The van der Waals surface area contributed by atoms with Crippen LogP contribution >= 0.6 is 0 Å². The second-order valence-electron chi connectivity index (χ2n) is 5.83. The van der Waals surface area contributed by atoms with Crippen LogP contribution < -0.4 is 5.32 Å². The van der Waals surface area contributed by atoms with Crippen molar-refractivity contribution in [2.75, 3.05) is 0 Å². The average Bonchev–Trinajstić information content (AvgIpc) is 3.09. The van der Waals surface area contributed by atoms with Gasteiger partial charge in [0.1, 0.15) is 0 Å². The van der Waals surface area contributed by atoms with Crippen LogP contribution in [0.5, 0.6) is 0 Å². The van der Waals surface area contributed by atoms with E-state index in [0.29, 0.717) is 19.4 Å². The van der Waals surface area contributed by atoms with Crippen LogP contribution in [0.2, 0.25) is 0 Å². The average molecular weight is 319 g/mol. The van der Waals surface area contributed by atoms with Crippen molar-refractivity contribution in [3.63, 3.8) is 0 Å². The van der Waals surface area contributed by atoms with Crippen molar-refractivity contribution in [3.8, 4) is 5.69 Å². The molecular formula is C20H21N3O. The Labute approximate surface area is 142 Å². The molecule has 0 unspecified atom stereocenters. The zero-order valence-corrected chi connectivity index (χ0v) is 13.8. The SMILES string of the molecule is Cc1ccccc1CNC(=O)CCc1cnn(-c2ccccc2)c1. The van der Waals surface area contributed by atoms with E-state index >= 15 is 0 Å². The highest BCUT2D eigenvalue weighted by atomic mass is 16.1. The Morgan fingerprint density at radius 1 is 1.08 bits per heavy atom. The molecule has 0 saturated carbocycles. The zero-order valence-electron chi connectivity index (χ0n) is 13.8. The number of para-hydroxylation sites is 1. The van der Waals surface area contributed by atoms with Crippen LogP contribution in [-0.4, -0.2) is 15.7 Å². The third-order valence-corrected chi connectivity index (χ3v) is 4.03. The van der Waals surface area contributed by atoms with E-state index in [4.69, 9.17) is 0 Å². The molecule has 1 N–H and O–H groups in total. The van der Waals surface area contributed by atoms with Gasteiger partial charge >= 0.3 is 0 Å². The van der Waals surface area contributed by atoms with Gasteiger partial charge in [0, 0.05) is 19.2 Å². The van der Waals surface area contributed by atoms with Gasteiger partial charge in [-0.1, -0.05) is 42.5 Å². The van der Waals surface area contributed by atoms with Gasteiger partial charge in [-0.05, 0) is 42.2 Å². The fourth-order valence-corrected chi connectivity index (χ4v) is 2.56. The van der Waals surface area contributed by atoms with E-state index in [2.05, 4.69) is 23.4 Å². The number of hydrogen-bond donors (Lipinski definition) is 1. The van der Waals surface area contributed by atoms with E-state index in [1.807, 2.05) is 65.6 Å². The van der Waals surface area contributed by atoms with Crippen LogP contribution in [0.25, 0.3) is 5.69 Å². The van der Waals surface area contributed by atoms with Gasteiger partial charge in [-0.15, -0.1) is 0 Å². The molecule has 0 fully saturated rings. The summed E-state index contributed by atoms with van der Waals surface area (Å²) >= 11 is 0. The van der Waals surface area contributed by atoms with Crippen LogP contribution in [0, 0.1) is 6.92 Å². The number of amides is 1. The first-order valence-electron chi connectivity index (χ1n) is 8.12. The molecule has 122 valence electrons. The Morgan fingerprint density at radius 2 is 1.83 bits per heavy atom. The molecule has 4 heteroatoms. The van der Waals surface area contributed by atoms with Gasteiger partial charge in [0.15, 0.2) is 0 Å². The highest BCUT2D eigenvalue weighted by molar-refractivity contribution is 5.76. The van der Waals surface area contributed by atoms with Crippen LogP contribution in [0.3, 0.4) is 0 Å². The quantitative estimate of drug-likeness (QED) is 0.756. The van der Waals surface area contributed by atoms with Gasteiger partial charge in [-0.2, -0.15) is 5.10 Å². The number of carbonyl (C=O) groups excluding carboxylic acids is 1. The van der Waals surface area contributed by atoms with Crippen molar-refractivity contribution in [2.45, 2.75) is 26.3 Å². The Kier molecular flexibility index (Phi) is 5.06. The predicted octanol–water partition coefficient (Wildman–Crippen LogP) is 3.43. The Bertz CT molecular complexity index is 809. The third kappa shape index (κ3) is 4.10. The van der Waals surface area contributed by atoms with Crippen LogP contribution in [0.4, 0.5) is 0 Å². The molecule has 0 radical (unpaired) electrons. The Morgan fingerprint density at radius 3 is 2.62 bits per heavy atom. The van der Waals surface area contributed by atoms with E-state index in [1.54, 1.807) is 0 Å². The first kappa shape index (κ1) is 16.0. The molecule has 3 aromatic rings. The van der Waals surface area contributed by atoms with Crippen LogP contribution in [0.1, 0.15) is 23.1 Å². The lowest BCUT2D eigenvalue weighted by molar-refractivity contribution is -0.121. The summed E-state index contributed by atoms with van der Waals surface area (Å²) < 4.78 is 1.83. The molecule has 4 nitrogen and oxygen atoms in total. The van der Waals surface area contributed by atoms with E-state index in [0.717, 1.165) is 16.8 Å².